The number of carbonyl (C=O) groups is 2. The molecule has 0 spiro atoms. The number of para-hydroxylation sites is 1. The number of hydrogen-bond donors (Lipinski definition) is 2. The summed E-state index contributed by atoms with van der Waals surface area (Å²) in [5.74, 6) is 0.218. The Hall–Kier alpha value is -3.20. The summed E-state index contributed by atoms with van der Waals surface area (Å²) in [6.45, 7) is 0.501. The van der Waals surface area contributed by atoms with Gasteiger partial charge >= 0.3 is 0 Å². The lowest BCUT2D eigenvalue weighted by Crippen LogP contribution is -2.20. The second kappa shape index (κ2) is 11.8. The van der Waals surface area contributed by atoms with E-state index in [2.05, 4.69) is 38.4 Å². The molecular weight excluding hydrogens is 505 g/mol. The van der Waals surface area contributed by atoms with Crippen LogP contribution in [0.2, 0.25) is 0 Å². The van der Waals surface area contributed by atoms with Crippen LogP contribution in [0.4, 0.5) is 5.69 Å². The predicted molar refractivity (Wildman–Crippen MR) is 130 cm³/mol. The number of rotatable bonds is 9. The summed E-state index contributed by atoms with van der Waals surface area (Å²) in [6, 6.07) is 24.8. The van der Waals surface area contributed by atoms with Gasteiger partial charge in [0.05, 0.1) is 11.9 Å². The van der Waals surface area contributed by atoms with Crippen LogP contribution in [0.3, 0.4) is 0 Å². The number of nitrogens with zero attached hydrogens (tertiary/aromatic N) is 1. The zero-order valence-electron chi connectivity index (χ0n) is 16.8. The monoisotopic (exact) mass is 527 g/mol. The molecule has 3 aromatic carbocycles. The Labute approximate surface area is 194 Å². The van der Waals surface area contributed by atoms with Gasteiger partial charge in [-0.2, -0.15) is 5.10 Å². The van der Waals surface area contributed by atoms with Crippen LogP contribution in [-0.2, 0) is 16.2 Å². The minimum absolute atomic E-state index is 0.0544. The van der Waals surface area contributed by atoms with Crippen LogP contribution < -0.4 is 15.5 Å². The summed E-state index contributed by atoms with van der Waals surface area (Å²) in [4.78, 5) is 23.9. The summed E-state index contributed by atoms with van der Waals surface area (Å²) < 4.78 is 6.68. The molecule has 158 valence electrons. The van der Waals surface area contributed by atoms with Crippen LogP contribution in [0.25, 0.3) is 0 Å². The molecule has 0 bridgehead atoms. The van der Waals surface area contributed by atoms with Crippen molar-refractivity contribution in [1.82, 2.24) is 5.43 Å². The van der Waals surface area contributed by atoms with Crippen molar-refractivity contribution in [3.63, 3.8) is 0 Å². The average molecular weight is 527 g/mol. The van der Waals surface area contributed by atoms with Gasteiger partial charge in [0, 0.05) is 16.4 Å². The maximum absolute atomic E-state index is 12.0. The van der Waals surface area contributed by atoms with Gasteiger partial charge in [0.15, 0.2) is 0 Å². The molecule has 7 heteroatoms. The lowest BCUT2D eigenvalue weighted by molar-refractivity contribution is -0.124. The van der Waals surface area contributed by atoms with Gasteiger partial charge in [0.25, 0.3) is 0 Å². The van der Waals surface area contributed by atoms with Crippen LogP contribution in [0, 0.1) is 3.57 Å². The third-order valence-corrected chi connectivity index (χ3v) is 5.20. The van der Waals surface area contributed by atoms with Crippen LogP contribution in [0.15, 0.2) is 84.0 Å². The second-order valence-corrected chi connectivity index (χ2v) is 7.83. The first-order valence-corrected chi connectivity index (χ1v) is 10.8. The van der Waals surface area contributed by atoms with Crippen molar-refractivity contribution in [3.05, 3.63) is 93.6 Å². The molecule has 2 N–H and O–H groups in total. The Bertz CT molecular complexity index is 1040. The van der Waals surface area contributed by atoms with Gasteiger partial charge in [-0.25, -0.2) is 5.43 Å². The quantitative estimate of drug-likeness (QED) is 0.240. The second-order valence-electron chi connectivity index (χ2n) is 6.66. The van der Waals surface area contributed by atoms with Gasteiger partial charge < -0.3 is 10.1 Å². The summed E-state index contributed by atoms with van der Waals surface area (Å²) in [5.41, 5.74) is 5.10. The van der Waals surface area contributed by atoms with Crippen molar-refractivity contribution in [2.45, 2.75) is 19.4 Å². The lowest BCUT2D eigenvalue weighted by atomic mass is 10.2. The Morgan fingerprint density at radius 1 is 0.871 bits per heavy atom. The number of halogens is 1. The summed E-state index contributed by atoms with van der Waals surface area (Å²) in [6.07, 6.45) is 1.68. The normalized spacial score (nSPS) is 10.6. The molecule has 0 aliphatic rings. The van der Waals surface area contributed by atoms with Gasteiger partial charge in [-0.1, -0.05) is 42.5 Å². The van der Waals surface area contributed by atoms with Crippen molar-refractivity contribution < 1.29 is 14.3 Å². The first kappa shape index (κ1) is 22.5. The minimum atomic E-state index is -0.322. The zero-order chi connectivity index (χ0) is 21.9. The third kappa shape index (κ3) is 7.86. The topological polar surface area (TPSA) is 79.8 Å². The third-order valence-electron chi connectivity index (χ3n) is 4.26. The van der Waals surface area contributed by atoms with Crippen LogP contribution in [0.5, 0.6) is 5.75 Å². The number of anilines is 1. The van der Waals surface area contributed by atoms with E-state index in [0.29, 0.717) is 6.61 Å². The lowest BCUT2D eigenvalue weighted by Gasteiger charge is -2.07. The Morgan fingerprint density at radius 2 is 1.55 bits per heavy atom. The van der Waals surface area contributed by atoms with E-state index in [4.69, 9.17) is 4.74 Å². The van der Waals surface area contributed by atoms with E-state index in [-0.39, 0.29) is 24.7 Å². The van der Waals surface area contributed by atoms with Crippen LogP contribution in [0.1, 0.15) is 24.0 Å². The highest BCUT2D eigenvalue weighted by molar-refractivity contribution is 14.1. The van der Waals surface area contributed by atoms with Crippen molar-refractivity contribution in [2.75, 3.05) is 5.32 Å². The van der Waals surface area contributed by atoms with Crippen molar-refractivity contribution >= 4 is 46.3 Å². The van der Waals surface area contributed by atoms with E-state index in [1.807, 2.05) is 78.9 Å². The zero-order valence-corrected chi connectivity index (χ0v) is 18.9. The molecule has 0 aliphatic carbocycles. The number of carbonyl (C=O) groups excluding carboxylic acids is 2. The number of hydrogen-bond acceptors (Lipinski definition) is 4. The summed E-state index contributed by atoms with van der Waals surface area (Å²) >= 11 is 2.15. The predicted octanol–water partition coefficient (Wildman–Crippen LogP) is 4.74. The van der Waals surface area contributed by atoms with Crippen molar-refractivity contribution in [3.8, 4) is 5.75 Å². The van der Waals surface area contributed by atoms with E-state index >= 15 is 0 Å². The Balaban J connectivity index is 1.38. The largest absolute Gasteiger partial charge is 0.489 e. The maximum Gasteiger partial charge on any atom is 0.240 e. The highest BCUT2D eigenvalue weighted by atomic mass is 127. The van der Waals surface area contributed by atoms with E-state index < -0.39 is 0 Å². The molecule has 31 heavy (non-hydrogen) atoms. The molecule has 3 aromatic rings. The van der Waals surface area contributed by atoms with E-state index in [1.54, 1.807) is 6.21 Å². The molecule has 2 amide bonds. The first-order valence-electron chi connectivity index (χ1n) is 9.73. The molecule has 0 heterocycles. The van der Waals surface area contributed by atoms with Crippen LogP contribution >= 0.6 is 22.6 Å². The summed E-state index contributed by atoms with van der Waals surface area (Å²) in [7, 11) is 0. The smallest absolute Gasteiger partial charge is 0.240 e. The molecule has 0 atom stereocenters. The molecule has 6 nitrogen and oxygen atoms in total. The van der Waals surface area contributed by atoms with Gasteiger partial charge in [-0.3, -0.25) is 9.59 Å². The molecule has 0 radical (unpaired) electrons. The van der Waals surface area contributed by atoms with Gasteiger partial charge in [0.2, 0.25) is 11.8 Å². The number of hydrazone groups is 1. The van der Waals surface area contributed by atoms with E-state index in [9.17, 15) is 9.59 Å². The Morgan fingerprint density at radius 3 is 2.29 bits per heavy atom. The fourth-order valence-corrected chi connectivity index (χ4v) is 3.15. The van der Waals surface area contributed by atoms with Crippen molar-refractivity contribution in [1.29, 1.82) is 0 Å². The van der Waals surface area contributed by atoms with E-state index in [1.165, 1.54) is 0 Å². The number of nitrogens with one attached hydrogen (secondary N) is 2. The first-order chi connectivity index (χ1) is 15.1. The number of ether oxygens (including phenoxy) is 1. The average Bonchev–Trinajstić information content (AvgIpc) is 2.79. The number of amides is 2. The molecule has 0 saturated heterocycles. The molecule has 3 rings (SSSR count). The van der Waals surface area contributed by atoms with Gasteiger partial charge in [-0.15, -0.1) is 0 Å². The van der Waals surface area contributed by atoms with Crippen LogP contribution in [-0.4, -0.2) is 18.0 Å². The van der Waals surface area contributed by atoms with E-state index in [0.717, 1.165) is 26.1 Å². The Kier molecular flexibility index (Phi) is 8.59. The molecule has 0 unspecified atom stereocenters. The molecular formula is C24H22IN3O3. The molecule has 0 fully saturated rings. The van der Waals surface area contributed by atoms with Gasteiger partial charge in [-0.05, 0) is 70.1 Å². The highest BCUT2D eigenvalue weighted by Gasteiger charge is 2.08. The fourth-order valence-electron chi connectivity index (χ4n) is 2.63. The molecule has 0 saturated carbocycles. The molecule has 0 aliphatic heterocycles. The van der Waals surface area contributed by atoms with Crippen molar-refractivity contribution in [2.24, 2.45) is 5.10 Å². The summed E-state index contributed by atoms with van der Waals surface area (Å²) in [5, 5.41) is 6.74. The molecule has 0 aromatic heterocycles. The highest BCUT2D eigenvalue weighted by Crippen LogP contribution is 2.17. The fraction of sp³-hybridized carbons (Fsp3) is 0.125. The van der Waals surface area contributed by atoms with Gasteiger partial charge in [0.1, 0.15) is 12.4 Å². The standard InChI is InChI=1S/C24H22IN3O3/c25-21-8-4-5-9-22(21)27-23(29)14-15-24(30)28-26-16-18-10-12-20(13-11-18)31-17-19-6-2-1-3-7-19/h1-13,16H,14-15,17H2,(H,27,29)(H,28,30)/b26-16-. The maximum atomic E-state index is 12.0. The SMILES string of the molecule is O=C(CCC(=O)Nc1ccccc1I)N/N=C\c1ccc(OCc2ccccc2)cc1. The number of benzene rings is 3. The minimum Gasteiger partial charge on any atom is -0.489 e.